The van der Waals surface area contributed by atoms with E-state index in [0.29, 0.717) is 30.5 Å². The van der Waals surface area contributed by atoms with Gasteiger partial charge in [0, 0.05) is 55.5 Å². The van der Waals surface area contributed by atoms with E-state index >= 15 is 0 Å². The molecule has 0 unspecified atom stereocenters. The zero-order valence-electron chi connectivity index (χ0n) is 26.2. The molecule has 0 spiro atoms. The predicted molar refractivity (Wildman–Crippen MR) is 174 cm³/mol. The van der Waals surface area contributed by atoms with Crippen molar-refractivity contribution >= 4 is 48.6 Å². The van der Waals surface area contributed by atoms with Crippen molar-refractivity contribution in [1.29, 1.82) is 0 Å². The first-order chi connectivity index (χ1) is 21.6. The molecule has 0 saturated heterocycles. The summed E-state index contributed by atoms with van der Waals surface area (Å²) in [4.78, 5) is 30.2. The molecule has 1 aliphatic heterocycles. The minimum atomic E-state index is -4.98. The number of carbonyl (C=O) groups excluding carboxylic acids is 2. The number of hydrogen-bond donors (Lipinski definition) is 3. The maximum absolute atomic E-state index is 13.7. The SMILES string of the molecule is CC/N=c1\ccc2cc3c(-c4ccccc4C(=O)N(C)CCCC(=O)C(C)C)cc(NCC)c(S(=O)(=O)O)c3oc-2c1S(=O)(=O)O. The summed E-state index contributed by atoms with van der Waals surface area (Å²) in [6.45, 7) is 7.76. The summed E-state index contributed by atoms with van der Waals surface area (Å²) in [6.07, 6.45) is 0.809. The van der Waals surface area contributed by atoms with Crippen molar-refractivity contribution in [2.24, 2.45) is 10.9 Å². The second kappa shape index (κ2) is 13.7. The molecule has 0 bridgehead atoms. The highest BCUT2D eigenvalue weighted by molar-refractivity contribution is 7.86. The first-order valence-electron chi connectivity index (χ1n) is 14.7. The first-order valence-corrected chi connectivity index (χ1v) is 17.6. The van der Waals surface area contributed by atoms with Gasteiger partial charge in [-0.25, -0.2) is 0 Å². The highest BCUT2D eigenvalue weighted by Gasteiger charge is 2.30. The van der Waals surface area contributed by atoms with Crippen LogP contribution in [0.1, 0.15) is 50.9 Å². The van der Waals surface area contributed by atoms with Crippen LogP contribution in [0.3, 0.4) is 0 Å². The van der Waals surface area contributed by atoms with E-state index in [1.54, 1.807) is 45.2 Å². The number of nitrogens with zero attached hydrogens (tertiary/aromatic N) is 2. The largest absolute Gasteiger partial charge is 0.453 e. The van der Waals surface area contributed by atoms with E-state index in [2.05, 4.69) is 10.3 Å². The van der Waals surface area contributed by atoms with Gasteiger partial charge in [-0.05, 0) is 61.7 Å². The Bertz CT molecular complexity index is 2070. The number of benzene rings is 3. The monoisotopic (exact) mass is 671 g/mol. The Morgan fingerprint density at radius 3 is 2.24 bits per heavy atom. The molecule has 1 heterocycles. The van der Waals surface area contributed by atoms with Crippen LogP contribution < -0.4 is 10.7 Å². The lowest BCUT2D eigenvalue weighted by atomic mass is 9.93. The van der Waals surface area contributed by atoms with Crippen LogP contribution in [0.2, 0.25) is 0 Å². The zero-order valence-corrected chi connectivity index (χ0v) is 27.8. The quantitative estimate of drug-likeness (QED) is 0.135. The average Bonchev–Trinajstić information content (AvgIpc) is 2.98. The number of amides is 1. The van der Waals surface area contributed by atoms with Gasteiger partial charge in [-0.2, -0.15) is 16.8 Å². The third-order valence-corrected chi connectivity index (χ3v) is 9.30. The van der Waals surface area contributed by atoms with Gasteiger partial charge in [0.05, 0.1) is 11.0 Å². The van der Waals surface area contributed by atoms with E-state index in [-0.39, 0.29) is 64.0 Å². The van der Waals surface area contributed by atoms with Crippen LogP contribution in [0.15, 0.2) is 67.7 Å². The van der Waals surface area contributed by atoms with Crippen molar-refractivity contribution in [2.75, 3.05) is 32.0 Å². The Balaban J connectivity index is 2.05. The molecule has 3 N–H and O–H groups in total. The van der Waals surface area contributed by atoms with Crippen LogP contribution in [-0.4, -0.2) is 69.2 Å². The van der Waals surface area contributed by atoms with E-state index in [1.165, 1.54) is 29.2 Å². The van der Waals surface area contributed by atoms with Gasteiger partial charge in [0.2, 0.25) is 0 Å². The van der Waals surface area contributed by atoms with Gasteiger partial charge in [0.25, 0.3) is 26.1 Å². The van der Waals surface area contributed by atoms with Crippen molar-refractivity contribution in [3.63, 3.8) is 0 Å². The molecule has 12 nitrogen and oxygen atoms in total. The molecule has 1 amide bonds. The smallest absolute Gasteiger partial charge is 0.300 e. The first kappa shape index (κ1) is 34.8. The maximum atomic E-state index is 13.7. The molecule has 0 radical (unpaired) electrons. The Hall–Kier alpha value is -4.11. The van der Waals surface area contributed by atoms with Crippen LogP contribution in [0.5, 0.6) is 0 Å². The molecule has 2 aromatic rings. The van der Waals surface area contributed by atoms with Crippen LogP contribution >= 0.6 is 0 Å². The highest BCUT2D eigenvalue weighted by Crippen LogP contribution is 2.43. The summed E-state index contributed by atoms with van der Waals surface area (Å²) in [5.41, 5.74) is 0.771. The number of carbonyl (C=O) groups is 2. The minimum absolute atomic E-state index is 0.0544. The predicted octanol–water partition coefficient (Wildman–Crippen LogP) is 5.13. The number of hydrogen-bond acceptors (Lipinski definition) is 9. The van der Waals surface area contributed by atoms with E-state index in [9.17, 15) is 35.5 Å². The number of anilines is 1. The molecular weight excluding hydrogens is 634 g/mol. The van der Waals surface area contributed by atoms with E-state index < -0.39 is 35.6 Å². The minimum Gasteiger partial charge on any atom is -0.453 e. The van der Waals surface area contributed by atoms with Gasteiger partial charge in [0.1, 0.15) is 5.78 Å². The van der Waals surface area contributed by atoms with Crippen LogP contribution in [0.25, 0.3) is 33.4 Å². The molecular formula is C32H37N3O9S2. The normalized spacial score (nSPS) is 12.7. The summed E-state index contributed by atoms with van der Waals surface area (Å²) in [7, 11) is -8.26. The second-order valence-corrected chi connectivity index (χ2v) is 13.8. The third kappa shape index (κ3) is 7.15. The van der Waals surface area contributed by atoms with E-state index in [4.69, 9.17) is 4.42 Å². The van der Waals surface area contributed by atoms with Gasteiger partial charge in [-0.3, -0.25) is 23.7 Å². The lowest BCUT2D eigenvalue weighted by molar-refractivity contribution is -0.122. The zero-order chi connectivity index (χ0) is 34.0. The topological polar surface area (TPSA) is 184 Å². The summed E-state index contributed by atoms with van der Waals surface area (Å²) < 4.78 is 77.3. The van der Waals surface area contributed by atoms with E-state index in [1.807, 2.05) is 13.8 Å². The van der Waals surface area contributed by atoms with Gasteiger partial charge in [-0.15, -0.1) is 0 Å². The fraction of sp³-hybridized carbons (Fsp3) is 0.344. The molecule has 46 heavy (non-hydrogen) atoms. The van der Waals surface area contributed by atoms with Gasteiger partial charge >= 0.3 is 0 Å². The molecule has 0 atom stereocenters. The Morgan fingerprint density at radius 1 is 0.957 bits per heavy atom. The van der Waals surface area contributed by atoms with Gasteiger partial charge in [0.15, 0.2) is 21.1 Å². The van der Waals surface area contributed by atoms with Gasteiger partial charge < -0.3 is 14.6 Å². The van der Waals surface area contributed by atoms with Crippen molar-refractivity contribution in [3.8, 4) is 22.5 Å². The maximum Gasteiger partial charge on any atom is 0.300 e. The Labute approximate surface area is 268 Å². The molecule has 2 aromatic carbocycles. The lowest BCUT2D eigenvalue weighted by Crippen LogP contribution is -2.28. The van der Waals surface area contributed by atoms with E-state index in [0.717, 1.165) is 0 Å². The Kier molecular flexibility index (Phi) is 10.4. The average molecular weight is 672 g/mol. The molecule has 14 heteroatoms. The molecule has 4 rings (SSSR count). The standard InChI is InChI=1S/C32H37N3O9S2/c1-6-33-25-15-14-20-17-24-23(21-11-8-9-12-22(21)32(37)35(5)16-10-13-27(36)19(3)4)18-26(34-7-2)31(46(41,42)43)29(24)44-28(20)30(25)45(38,39)40/h8-9,11-12,14-15,17-19,34H,6-7,10,13,16H2,1-5H3,(H,38,39,40)(H,41,42,43)/b33-25+. The van der Waals surface area contributed by atoms with Crippen LogP contribution in [-0.2, 0) is 25.0 Å². The summed E-state index contributed by atoms with van der Waals surface area (Å²) >= 11 is 0. The molecule has 1 aliphatic carbocycles. The van der Waals surface area contributed by atoms with Crippen LogP contribution in [0.4, 0.5) is 5.69 Å². The fourth-order valence-electron chi connectivity index (χ4n) is 5.28. The molecule has 0 fully saturated rings. The lowest BCUT2D eigenvalue weighted by Gasteiger charge is -2.21. The second-order valence-electron chi connectivity index (χ2n) is 11.1. The summed E-state index contributed by atoms with van der Waals surface area (Å²) in [5, 5.41) is 2.97. The number of Topliss-reactive ketones (excluding diaryl/α,β-unsaturated/α-hetero) is 1. The summed E-state index contributed by atoms with van der Waals surface area (Å²) in [6, 6.07) is 12.5. The number of fused-ring (bicyclic) bond motifs is 2. The highest BCUT2D eigenvalue weighted by atomic mass is 32.2. The van der Waals surface area contributed by atoms with Crippen molar-refractivity contribution in [2.45, 2.75) is 50.3 Å². The molecule has 246 valence electrons. The molecule has 0 saturated carbocycles. The fourth-order valence-corrected chi connectivity index (χ4v) is 6.86. The molecule has 0 aromatic heterocycles. The summed E-state index contributed by atoms with van der Waals surface area (Å²) in [5.74, 6) is -0.711. The third-order valence-electron chi connectivity index (χ3n) is 7.47. The van der Waals surface area contributed by atoms with Gasteiger partial charge in [-0.1, -0.05) is 32.0 Å². The number of nitrogens with one attached hydrogen (secondary N) is 1. The molecule has 2 aliphatic rings. The van der Waals surface area contributed by atoms with Crippen molar-refractivity contribution in [3.05, 3.63) is 59.5 Å². The number of ketones is 1. The van der Waals surface area contributed by atoms with Crippen LogP contribution in [0, 0.1) is 5.92 Å². The van der Waals surface area contributed by atoms with Crippen molar-refractivity contribution in [1.82, 2.24) is 4.90 Å². The number of rotatable bonds is 12. The van der Waals surface area contributed by atoms with Crippen molar-refractivity contribution < 1.29 is 39.9 Å². The Morgan fingerprint density at radius 2 is 1.63 bits per heavy atom.